The molecule has 1 unspecified atom stereocenters. The Balaban J connectivity index is 2.09. The number of piperidine rings is 1. The summed E-state index contributed by atoms with van der Waals surface area (Å²) in [7, 11) is 0. The van der Waals surface area contributed by atoms with E-state index >= 15 is 0 Å². The molecule has 58 valence electrons. The molecule has 0 aromatic carbocycles. The molecule has 4 atom stereocenters. The minimum Gasteiger partial charge on any atom is -0.308 e. The first-order chi connectivity index (χ1) is 4.77. The van der Waals surface area contributed by atoms with Crippen LogP contribution in [-0.2, 0) is 0 Å². The third-order valence-electron chi connectivity index (χ3n) is 2.86. The smallest absolute Gasteiger partial charge is 0.118 e. The monoisotopic (exact) mass is 143 g/mol. The van der Waals surface area contributed by atoms with E-state index in [1.54, 1.807) is 0 Å². The van der Waals surface area contributed by atoms with Gasteiger partial charge in [-0.05, 0) is 25.2 Å². The zero-order valence-corrected chi connectivity index (χ0v) is 6.31. The summed E-state index contributed by atoms with van der Waals surface area (Å²) in [5, 5.41) is 3.30. The van der Waals surface area contributed by atoms with E-state index < -0.39 is 6.17 Å². The summed E-state index contributed by atoms with van der Waals surface area (Å²) in [6, 6.07) is 0.820. The summed E-state index contributed by atoms with van der Waals surface area (Å²) in [6.07, 6.45) is 2.70. The Kier molecular flexibility index (Phi) is 1.44. The maximum absolute atomic E-state index is 13.2. The topological polar surface area (TPSA) is 12.0 Å². The third kappa shape index (κ3) is 0.858. The number of hydrogen-bond donors (Lipinski definition) is 1. The normalized spacial score (nSPS) is 53.4. The van der Waals surface area contributed by atoms with Crippen molar-refractivity contribution in [3.05, 3.63) is 0 Å². The number of alkyl halides is 1. The van der Waals surface area contributed by atoms with Crippen LogP contribution in [0, 0.1) is 5.92 Å². The molecule has 1 N–H and O–H groups in total. The largest absolute Gasteiger partial charge is 0.308 e. The molecule has 0 radical (unpaired) electrons. The van der Waals surface area contributed by atoms with Crippen LogP contribution in [0.15, 0.2) is 0 Å². The van der Waals surface area contributed by atoms with Crippen LogP contribution in [0.4, 0.5) is 4.39 Å². The average Bonchev–Trinajstić information content (AvgIpc) is 2.29. The van der Waals surface area contributed by atoms with Crippen LogP contribution in [0.2, 0.25) is 0 Å². The highest BCUT2D eigenvalue weighted by atomic mass is 19.1. The predicted octanol–water partition coefficient (Wildman–Crippen LogP) is 1.48. The first-order valence-corrected chi connectivity index (χ1v) is 4.17. The van der Waals surface area contributed by atoms with Gasteiger partial charge in [0.25, 0.3) is 0 Å². The van der Waals surface area contributed by atoms with Gasteiger partial charge in [0.1, 0.15) is 6.17 Å². The number of halogens is 1. The van der Waals surface area contributed by atoms with Crippen molar-refractivity contribution in [1.82, 2.24) is 5.32 Å². The maximum Gasteiger partial charge on any atom is 0.118 e. The van der Waals surface area contributed by atoms with Gasteiger partial charge in [0.2, 0.25) is 0 Å². The third-order valence-corrected chi connectivity index (χ3v) is 2.86. The lowest BCUT2D eigenvalue weighted by Gasteiger charge is -2.30. The van der Waals surface area contributed by atoms with Gasteiger partial charge in [-0.3, -0.25) is 0 Å². The van der Waals surface area contributed by atoms with Crippen molar-refractivity contribution in [3.63, 3.8) is 0 Å². The standard InChI is InChI=1S/C8H14FN/c1-5-4-6-2-3-7(10-6)8(5)9/h5-8,10H,2-4H2,1H3/t5?,6-,7+,8-/m1/s1. The Labute approximate surface area is 61.0 Å². The van der Waals surface area contributed by atoms with Crippen molar-refractivity contribution < 1.29 is 4.39 Å². The zero-order valence-electron chi connectivity index (χ0n) is 6.31. The van der Waals surface area contributed by atoms with Gasteiger partial charge >= 0.3 is 0 Å². The van der Waals surface area contributed by atoms with E-state index in [4.69, 9.17) is 0 Å². The van der Waals surface area contributed by atoms with Gasteiger partial charge in [-0.15, -0.1) is 0 Å². The lowest BCUT2D eigenvalue weighted by Crippen LogP contribution is -2.45. The second kappa shape index (κ2) is 2.19. The fraction of sp³-hybridized carbons (Fsp3) is 1.00. The highest BCUT2D eigenvalue weighted by Crippen LogP contribution is 2.32. The average molecular weight is 143 g/mol. The van der Waals surface area contributed by atoms with Crippen molar-refractivity contribution in [2.75, 3.05) is 0 Å². The van der Waals surface area contributed by atoms with Crippen LogP contribution in [0.1, 0.15) is 26.2 Å². The van der Waals surface area contributed by atoms with Gasteiger partial charge in [-0.2, -0.15) is 0 Å². The molecule has 2 aliphatic heterocycles. The highest BCUT2D eigenvalue weighted by molar-refractivity contribution is 4.96. The van der Waals surface area contributed by atoms with Crippen molar-refractivity contribution in [1.29, 1.82) is 0 Å². The van der Waals surface area contributed by atoms with Crippen LogP contribution in [-0.4, -0.2) is 18.3 Å². The molecule has 2 heterocycles. The van der Waals surface area contributed by atoms with E-state index in [9.17, 15) is 4.39 Å². The van der Waals surface area contributed by atoms with E-state index in [0.29, 0.717) is 12.0 Å². The SMILES string of the molecule is CC1C[C@H]2CC[C@H](N2)[C@@H]1F. The molecule has 2 heteroatoms. The minimum atomic E-state index is -0.584. The van der Waals surface area contributed by atoms with Gasteiger partial charge in [0.05, 0.1) is 0 Å². The molecular weight excluding hydrogens is 129 g/mol. The Hall–Kier alpha value is -0.110. The van der Waals surface area contributed by atoms with Gasteiger partial charge < -0.3 is 5.32 Å². The molecule has 0 aromatic heterocycles. The van der Waals surface area contributed by atoms with Crippen LogP contribution in [0.25, 0.3) is 0 Å². The van der Waals surface area contributed by atoms with E-state index in [1.807, 2.05) is 6.92 Å². The van der Waals surface area contributed by atoms with E-state index in [-0.39, 0.29) is 6.04 Å². The molecule has 2 saturated heterocycles. The highest BCUT2D eigenvalue weighted by Gasteiger charge is 2.39. The van der Waals surface area contributed by atoms with Crippen LogP contribution in [0.5, 0.6) is 0 Å². The first-order valence-electron chi connectivity index (χ1n) is 4.17. The Morgan fingerprint density at radius 3 is 3.00 bits per heavy atom. The fourth-order valence-electron chi connectivity index (χ4n) is 2.26. The summed E-state index contributed by atoms with van der Waals surface area (Å²) in [6.45, 7) is 2.02. The maximum atomic E-state index is 13.2. The molecule has 0 spiro atoms. The summed E-state index contributed by atoms with van der Waals surface area (Å²) in [5.74, 6) is 0.291. The molecular formula is C8H14FN. The Morgan fingerprint density at radius 1 is 1.40 bits per heavy atom. The molecule has 0 saturated carbocycles. The molecule has 10 heavy (non-hydrogen) atoms. The molecule has 2 aliphatic rings. The van der Waals surface area contributed by atoms with Crippen LogP contribution in [0.3, 0.4) is 0 Å². The number of fused-ring (bicyclic) bond motifs is 2. The van der Waals surface area contributed by atoms with Crippen molar-refractivity contribution in [2.45, 2.75) is 44.4 Å². The predicted molar refractivity (Wildman–Crippen MR) is 38.6 cm³/mol. The van der Waals surface area contributed by atoms with Gasteiger partial charge in [0.15, 0.2) is 0 Å². The van der Waals surface area contributed by atoms with Crippen molar-refractivity contribution in [3.8, 4) is 0 Å². The minimum absolute atomic E-state index is 0.189. The molecule has 1 nitrogen and oxygen atoms in total. The zero-order chi connectivity index (χ0) is 7.14. The Bertz CT molecular complexity index is 137. The molecule has 0 aromatic rings. The number of hydrogen-bond acceptors (Lipinski definition) is 1. The summed E-state index contributed by atoms with van der Waals surface area (Å²) >= 11 is 0. The molecule has 0 aliphatic carbocycles. The van der Waals surface area contributed by atoms with E-state index in [0.717, 1.165) is 12.8 Å². The van der Waals surface area contributed by atoms with Crippen LogP contribution >= 0.6 is 0 Å². The molecule has 2 bridgehead atoms. The van der Waals surface area contributed by atoms with Gasteiger partial charge in [0, 0.05) is 12.1 Å². The molecule has 2 rings (SSSR count). The van der Waals surface area contributed by atoms with E-state index in [2.05, 4.69) is 5.32 Å². The van der Waals surface area contributed by atoms with Crippen LogP contribution < -0.4 is 5.32 Å². The number of rotatable bonds is 0. The lowest BCUT2D eigenvalue weighted by atomic mass is 9.93. The van der Waals surface area contributed by atoms with E-state index in [1.165, 1.54) is 6.42 Å². The van der Waals surface area contributed by atoms with Gasteiger partial charge in [-0.1, -0.05) is 6.92 Å². The van der Waals surface area contributed by atoms with Crippen molar-refractivity contribution in [2.24, 2.45) is 5.92 Å². The fourth-order valence-corrected chi connectivity index (χ4v) is 2.26. The van der Waals surface area contributed by atoms with Crippen molar-refractivity contribution >= 4 is 0 Å². The molecule has 2 fully saturated rings. The molecule has 0 amide bonds. The van der Waals surface area contributed by atoms with Gasteiger partial charge in [-0.25, -0.2) is 4.39 Å². The Morgan fingerprint density at radius 2 is 2.20 bits per heavy atom. The quantitative estimate of drug-likeness (QED) is 0.541. The second-order valence-corrected chi connectivity index (χ2v) is 3.70. The first kappa shape index (κ1) is 6.59. The summed E-state index contributed by atoms with van der Waals surface area (Å²) < 4.78 is 13.2. The lowest BCUT2D eigenvalue weighted by molar-refractivity contribution is 0.145. The second-order valence-electron chi connectivity index (χ2n) is 3.70. The summed E-state index contributed by atoms with van der Waals surface area (Å²) in [5.41, 5.74) is 0. The summed E-state index contributed by atoms with van der Waals surface area (Å²) in [4.78, 5) is 0. The number of nitrogens with one attached hydrogen (secondary N) is 1.